The van der Waals surface area contributed by atoms with Crippen molar-refractivity contribution in [1.29, 1.82) is 0 Å². The van der Waals surface area contributed by atoms with Gasteiger partial charge in [0.15, 0.2) is 11.5 Å². The third-order valence-electron chi connectivity index (χ3n) is 4.93. The van der Waals surface area contributed by atoms with E-state index in [-0.39, 0.29) is 25.2 Å². The topological polar surface area (TPSA) is 79.9 Å². The number of ether oxygens (including phenoxy) is 2. The van der Waals surface area contributed by atoms with Crippen LogP contribution in [0.3, 0.4) is 0 Å². The Hall–Kier alpha value is -3.06. The summed E-state index contributed by atoms with van der Waals surface area (Å²) in [5.74, 6) is 0.576. The second-order valence-corrected chi connectivity index (χ2v) is 6.76. The van der Waals surface area contributed by atoms with E-state index in [4.69, 9.17) is 9.47 Å². The molecule has 0 aromatic heterocycles. The Bertz CT molecular complexity index is 865. The van der Waals surface area contributed by atoms with Crippen molar-refractivity contribution in [3.05, 3.63) is 59.2 Å². The summed E-state index contributed by atoms with van der Waals surface area (Å²) in [6.07, 6.45) is 0. The summed E-state index contributed by atoms with van der Waals surface area (Å²) >= 11 is 0. The van der Waals surface area contributed by atoms with Crippen molar-refractivity contribution in [2.45, 2.75) is 26.9 Å². The first-order valence-corrected chi connectivity index (χ1v) is 9.84. The van der Waals surface area contributed by atoms with Gasteiger partial charge in [0, 0.05) is 18.7 Å². The highest BCUT2D eigenvalue weighted by molar-refractivity contribution is 5.97. The second-order valence-electron chi connectivity index (χ2n) is 6.76. The maximum Gasteiger partial charge on any atom is 0.251 e. The number of hydrogen-bond donors (Lipinski definition) is 2. The Balaban J connectivity index is 1.50. The first-order chi connectivity index (χ1) is 14.1. The van der Waals surface area contributed by atoms with Crippen molar-refractivity contribution in [3.8, 4) is 11.5 Å². The van der Waals surface area contributed by atoms with E-state index < -0.39 is 0 Å². The van der Waals surface area contributed by atoms with Gasteiger partial charge in [-0.05, 0) is 42.4 Å². The van der Waals surface area contributed by atoms with Crippen LogP contribution in [0, 0.1) is 0 Å². The van der Waals surface area contributed by atoms with E-state index >= 15 is 0 Å². The van der Waals surface area contributed by atoms with Crippen LogP contribution in [0.1, 0.15) is 35.3 Å². The van der Waals surface area contributed by atoms with Crippen LogP contribution in [-0.4, -0.2) is 43.1 Å². The smallest absolute Gasteiger partial charge is 0.251 e. The van der Waals surface area contributed by atoms with Crippen molar-refractivity contribution in [2.24, 2.45) is 0 Å². The van der Waals surface area contributed by atoms with E-state index in [0.29, 0.717) is 23.6 Å². The summed E-state index contributed by atoms with van der Waals surface area (Å²) in [6.45, 7) is 7.56. The molecule has 0 atom stereocenters. The number of fused-ring (bicyclic) bond motifs is 1. The highest BCUT2D eigenvalue weighted by Gasteiger charge is 2.16. The quantitative estimate of drug-likeness (QED) is 0.679. The van der Waals surface area contributed by atoms with Gasteiger partial charge in [0.05, 0.1) is 6.54 Å². The van der Waals surface area contributed by atoms with Crippen LogP contribution in [0.2, 0.25) is 0 Å². The minimum absolute atomic E-state index is 0.0918. The van der Waals surface area contributed by atoms with Crippen molar-refractivity contribution < 1.29 is 19.1 Å². The normalized spacial score (nSPS) is 12.1. The zero-order chi connectivity index (χ0) is 20.6. The number of carbonyl (C=O) groups excluding carboxylic acids is 2. The van der Waals surface area contributed by atoms with Crippen molar-refractivity contribution >= 4 is 11.8 Å². The van der Waals surface area contributed by atoms with Crippen molar-refractivity contribution in [3.63, 3.8) is 0 Å². The molecular formula is C22H27N3O4. The number of benzene rings is 2. The molecule has 7 heteroatoms. The number of rotatable bonds is 9. The van der Waals surface area contributed by atoms with Crippen LogP contribution in [0.15, 0.2) is 42.5 Å². The standard InChI is InChI=1S/C22H27N3O4/c1-3-25(4-2)14-18-8-6-5-7-17(18)12-23-21(26)13-24-22(27)16-9-10-19-20(11-16)29-15-28-19/h5-11H,3-4,12-15H2,1-2H3,(H,23,26)(H,24,27). The Morgan fingerprint density at radius 2 is 1.69 bits per heavy atom. The average molecular weight is 397 g/mol. The lowest BCUT2D eigenvalue weighted by Crippen LogP contribution is -2.36. The molecule has 0 bridgehead atoms. The van der Waals surface area contributed by atoms with Gasteiger partial charge in [-0.25, -0.2) is 0 Å². The fourth-order valence-electron chi connectivity index (χ4n) is 3.13. The molecule has 2 aromatic rings. The third-order valence-corrected chi connectivity index (χ3v) is 4.93. The second kappa shape index (κ2) is 9.93. The Kier molecular flexibility index (Phi) is 7.08. The Labute approximate surface area is 171 Å². The minimum atomic E-state index is -0.333. The van der Waals surface area contributed by atoms with E-state index in [1.165, 1.54) is 5.56 Å². The molecule has 0 aliphatic carbocycles. The fraction of sp³-hybridized carbons (Fsp3) is 0.364. The number of nitrogens with zero attached hydrogens (tertiary/aromatic N) is 1. The van der Waals surface area contributed by atoms with E-state index in [0.717, 1.165) is 25.2 Å². The van der Waals surface area contributed by atoms with Gasteiger partial charge in [0.2, 0.25) is 12.7 Å². The lowest BCUT2D eigenvalue weighted by molar-refractivity contribution is -0.120. The zero-order valence-corrected chi connectivity index (χ0v) is 16.9. The maximum atomic E-state index is 12.3. The fourth-order valence-corrected chi connectivity index (χ4v) is 3.13. The van der Waals surface area contributed by atoms with Crippen LogP contribution in [0.5, 0.6) is 11.5 Å². The predicted octanol–water partition coefficient (Wildman–Crippen LogP) is 2.30. The van der Waals surface area contributed by atoms with Crippen molar-refractivity contribution in [1.82, 2.24) is 15.5 Å². The largest absolute Gasteiger partial charge is 0.454 e. The molecule has 1 aliphatic rings. The molecule has 3 rings (SSSR count). The lowest BCUT2D eigenvalue weighted by Gasteiger charge is -2.20. The summed E-state index contributed by atoms with van der Waals surface area (Å²) in [6, 6.07) is 13.0. The van der Waals surface area contributed by atoms with Gasteiger partial charge in [0.1, 0.15) is 0 Å². The molecule has 2 aromatic carbocycles. The van der Waals surface area contributed by atoms with E-state index in [2.05, 4.69) is 35.4 Å². The van der Waals surface area contributed by atoms with Gasteiger partial charge < -0.3 is 20.1 Å². The maximum absolute atomic E-state index is 12.3. The van der Waals surface area contributed by atoms with Crippen LogP contribution < -0.4 is 20.1 Å². The number of hydrogen-bond acceptors (Lipinski definition) is 5. The third kappa shape index (κ3) is 5.48. The monoisotopic (exact) mass is 397 g/mol. The zero-order valence-electron chi connectivity index (χ0n) is 16.9. The number of nitrogens with one attached hydrogen (secondary N) is 2. The van der Waals surface area contributed by atoms with Gasteiger partial charge in [0.25, 0.3) is 5.91 Å². The summed E-state index contributed by atoms with van der Waals surface area (Å²) < 4.78 is 10.5. The average Bonchev–Trinajstić information content (AvgIpc) is 3.22. The summed E-state index contributed by atoms with van der Waals surface area (Å²) in [5, 5.41) is 5.52. The molecule has 1 heterocycles. The van der Waals surface area contributed by atoms with Crippen LogP contribution >= 0.6 is 0 Å². The lowest BCUT2D eigenvalue weighted by atomic mass is 10.1. The van der Waals surface area contributed by atoms with Gasteiger partial charge in [-0.2, -0.15) is 0 Å². The summed E-state index contributed by atoms with van der Waals surface area (Å²) in [5.41, 5.74) is 2.70. The first-order valence-electron chi connectivity index (χ1n) is 9.84. The molecule has 0 saturated carbocycles. The SMILES string of the molecule is CCN(CC)Cc1ccccc1CNC(=O)CNC(=O)c1ccc2c(c1)OCO2. The summed E-state index contributed by atoms with van der Waals surface area (Å²) in [7, 11) is 0. The van der Waals surface area contributed by atoms with Gasteiger partial charge in [-0.3, -0.25) is 14.5 Å². The molecule has 0 spiro atoms. The number of amides is 2. The van der Waals surface area contributed by atoms with E-state index in [1.54, 1.807) is 18.2 Å². The highest BCUT2D eigenvalue weighted by Crippen LogP contribution is 2.32. The Morgan fingerprint density at radius 1 is 0.966 bits per heavy atom. The molecular weight excluding hydrogens is 370 g/mol. The Morgan fingerprint density at radius 3 is 2.45 bits per heavy atom. The van der Waals surface area contributed by atoms with Gasteiger partial charge >= 0.3 is 0 Å². The van der Waals surface area contributed by atoms with Gasteiger partial charge in [-0.1, -0.05) is 38.1 Å². The molecule has 0 radical (unpaired) electrons. The van der Waals surface area contributed by atoms with Crippen LogP contribution in [0.4, 0.5) is 0 Å². The van der Waals surface area contributed by atoms with Crippen LogP contribution in [-0.2, 0) is 17.9 Å². The highest BCUT2D eigenvalue weighted by atomic mass is 16.7. The molecule has 29 heavy (non-hydrogen) atoms. The van der Waals surface area contributed by atoms with Crippen molar-refractivity contribution in [2.75, 3.05) is 26.4 Å². The van der Waals surface area contributed by atoms with E-state index in [1.807, 2.05) is 18.2 Å². The molecule has 1 aliphatic heterocycles. The molecule has 0 saturated heterocycles. The molecule has 0 fully saturated rings. The first kappa shape index (κ1) is 20.7. The van der Waals surface area contributed by atoms with Gasteiger partial charge in [-0.15, -0.1) is 0 Å². The summed E-state index contributed by atoms with van der Waals surface area (Å²) in [4.78, 5) is 26.8. The minimum Gasteiger partial charge on any atom is -0.454 e. The molecule has 2 N–H and O–H groups in total. The molecule has 154 valence electrons. The van der Waals surface area contributed by atoms with E-state index in [9.17, 15) is 9.59 Å². The molecule has 2 amide bonds. The number of carbonyl (C=O) groups is 2. The molecule has 0 unspecified atom stereocenters. The van der Waals surface area contributed by atoms with Crippen LogP contribution in [0.25, 0.3) is 0 Å². The predicted molar refractivity (Wildman–Crippen MR) is 110 cm³/mol. The molecule has 7 nitrogen and oxygen atoms in total.